The highest BCUT2D eigenvalue weighted by Gasteiger charge is 2.29. The minimum absolute atomic E-state index is 0. The molecule has 0 bridgehead atoms. The smallest absolute Gasteiger partial charge is 0.326 e. The molecule has 0 saturated carbocycles. The number of carbonyl (C=O) groups is 3. The van der Waals surface area contributed by atoms with E-state index in [9.17, 15) is 19.5 Å². The van der Waals surface area contributed by atoms with Gasteiger partial charge in [0.05, 0.1) is 0 Å². The molecule has 206 valence electrons. The van der Waals surface area contributed by atoms with Crippen LogP contribution in [0.2, 0.25) is 0 Å². The molecule has 3 atom stereocenters. The van der Waals surface area contributed by atoms with E-state index in [1.165, 1.54) is 0 Å². The van der Waals surface area contributed by atoms with Crippen LogP contribution in [0.5, 0.6) is 0 Å². The van der Waals surface area contributed by atoms with Gasteiger partial charge in [-0.1, -0.05) is 49.0 Å². The summed E-state index contributed by atoms with van der Waals surface area (Å²) in [6.45, 7) is 11.7. The number of nitrogens with one attached hydrogen (secondary N) is 3. The fourth-order valence-electron chi connectivity index (χ4n) is 2.86. The fraction of sp³-hybridized carbons (Fsp3) is 0.783. The van der Waals surface area contributed by atoms with Crippen LogP contribution in [-0.4, -0.2) is 71.9 Å². The predicted octanol–water partition coefficient (Wildman–Crippen LogP) is 0.182. The monoisotopic (exact) mass is 503 g/mol. The van der Waals surface area contributed by atoms with Crippen LogP contribution in [0.1, 0.15) is 68.2 Å². The molecule has 0 heterocycles. The summed E-state index contributed by atoms with van der Waals surface area (Å²) in [5.74, 6) is -1.19. The van der Waals surface area contributed by atoms with E-state index in [-0.39, 0.29) is 37.1 Å². The minimum atomic E-state index is -1.06. The molecule has 12 heteroatoms. The number of hydrogen-bond donors (Lipinski definition) is 7. The number of quaternary nitrogens is 1. The maximum absolute atomic E-state index is 12.5. The van der Waals surface area contributed by atoms with Crippen molar-refractivity contribution in [2.24, 2.45) is 34.2 Å². The van der Waals surface area contributed by atoms with Gasteiger partial charge >= 0.3 is 5.97 Å². The lowest BCUT2D eigenvalue weighted by Gasteiger charge is -2.24. The highest BCUT2D eigenvalue weighted by Crippen LogP contribution is 2.09. The first kappa shape index (κ1) is 36.7. The van der Waals surface area contributed by atoms with Crippen molar-refractivity contribution in [3.63, 3.8) is 0 Å². The Labute approximate surface area is 211 Å². The number of rotatable bonds is 11. The van der Waals surface area contributed by atoms with Crippen LogP contribution in [0, 0.1) is 23.2 Å². The van der Waals surface area contributed by atoms with Gasteiger partial charge in [-0.15, -0.1) is 0 Å². The highest BCUT2D eigenvalue weighted by molar-refractivity contribution is 5.92. The molecule has 12 nitrogen and oxygen atoms in total. The van der Waals surface area contributed by atoms with Gasteiger partial charge in [0, 0.05) is 20.5 Å². The number of carboxylic acid groups (broad SMARTS) is 1. The molecule has 0 aromatic carbocycles. The zero-order valence-corrected chi connectivity index (χ0v) is 22.0. The maximum Gasteiger partial charge on any atom is 0.326 e. The van der Waals surface area contributed by atoms with Crippen LogP contribution < -0.4 is 27.8 Å². The third kappa shape index (κ3) is 19.1. The number of carboxylic acids is 1. The van der Waals surface area contributed by atoms with E-state index in [4.69, 9.17) is 16.9 Å². The second-order valence-corrected chi connectivity index (χ2v) is 9.80. The summed E-state index contributed by atoms with van der Waals surface area (Å²) in [7, 11) is 3.45. The number of amides is 2. The Morgan fingerprint density at radius 3 is 1.60 bits per heavy atom. The first-order chi connectivity index (χ1) is 15.5. The van der Waals surface area contributed by atoms with Crippen LogP contribution in [0.3, 0.4) is 0 Å². The van der Waals surface area contributed by atoms with Crippen molar-refractivity contribution >= 4 is 29.7 Å². The summed E-state index contributed by atoms with van der Waals surface area (Å²) in [5.41, 5.74) is 14.1. The number of hydrogen-bond acceptors (Lipinski definition) is 4. The van der Waals surface area contributed by atoms with Crippen molar-refractivity contribution < 1.29 is 25.2 Å². The van der Waals surface area contributed by atoms with E-state index in [0.29, 0.717) is 25.2 Å². The molecule has 0 aliphatic carbocycles. The Kier molecular flexibility index (Phi) is 19.3. The molecule has 0 aromatic heterocycles. The van der Waals surface area contributed by atoms with Crippen molar-refractivity contribution in [2.75, 3.05) is 14.1 Å². The molecule has 0 saturated heterocycles. The van der Waals surface area contributed by atoms with Gasteiger partial charge in [0.15, 0.2) is 12.0 Å². The summed E-state index contributed by atoms with van der Waals surface area (Å²) < 4.78 is 0. The SMILES string of the molecule is C.CC(C)CC([NH3+])C(=O)NC(CC(C)C)C(=O)NC(CC(C)C)C(=O)O.CN(C)C(N)=NC(=N)N. The molecule has 0 fully saturated rings. The topological polar surface area (TPSA) is 215 Å². The summed E-state index contributed by atoms with van der Waals surface area (Å²) in [6.07, 6.45) is 1.42. The van der Waals surface area contributed by atoms with Crippen LogP contribution in [0.15, 0.2) is 4.99 Å². The molecular formula is C23H51N8O4+. The predicted molar refractivity (Wildman–Crippen MR) is 140 cm³/mol. The molecule has 0 aliphatic rings. The lowest BCUT2D eigenvalue weighted by molar-refractivity contribution is -0.406. The summed E-state index contributed by atoms with van der Waals surface area (Å²) in [6, 6.07) is -2.14. The Morgan fingerprint density at radius 2 is 1.29 bits per heavy atom. The minimum Gasteiger partial charge on any atom is -0.480 e. The van der Waals surface area contributed by atoms with Crippen LogP contribution >= 0.6 is 0 Å². The third-order valence-corrected chi connectivity index (χ3v) is 4.48. The molecular weight excluding hydrogens is 452 g/mol. The van der Waals surface area contributed by atoms with Gasteiger partial charge in [-0.05, 0) is 30.6 Å². The van der Waals surface area contributed by atoms with Gasteiger partial charge in [0.2, 0.25) is 11.9 Å². The Balaban J connectivity index is -0.000000866. The average Bonchev–Trinajstić information content (AvgIpc) is 2.65. The van der Waals surface area contributed by atoms with E-state index in [2.05, 4.69) is 21.4 Å². The number of aliphatic carboxylic acids is 1. The lowest BCUT2D eigenvalue weighted by Crippen LogP contribution is -2.69. The van der Waals surface area contributed by atoms with E-state index < -0.39 is 30.0 Å². The first-order valence-corrected chi connectivity index (χ1v) is 11.5. The normalized spacial score (nSPS) is 13.7. The van der Waals surface area contributed by atoms with Gasteiger partial charge in [0.1, 0.15) is 12.1 Å². The summed E-state index contributed by atoms with van der Waals surface area (Å²) in [5, 5.41) is 21.3. The van der Waals surface area contributed by atoms with Gasteiger partial charge in [-0.25, -0.2) is 4.79 Å². The summed E-state index contributed by atoms with van der Waals surface area (Å²) in [4.78, 5) is 41.2. The number of nitrogens with zero attached hydrogens (tertiary/aromatic N) is 2. The van der Waals surface area contributed by atoms with Crippen LogP contribution in [-0.2, 0) is 14.4 Å². The highest BCUT2D eigenvalue weighted by atomic mass is 16.4. The molecule has 0 aromatic rings. The number of aliphatic imine (C=N–C) groups is 1. The van der Waals surface area contributed by atoms with Crippen molar-refractivity contribution in [1.82, 2.24) is 15.5 Å². The molecule has 0 rings (SSSR count). The number of nitrogens with two attached hydrogens (primary N) is 2. The second kappa shape index (κ2) is 18.4. The second-order valence-electron chi connectivity index (χ2n) is 9.80. The van der Waals surface area contributed by atoms with Crippen molar-refractivity contribution in [2.45, 2.75) is 86.4 Å². The van der Waals surface area contributed by atoms with Crippen LogP contribution in [0.4, 0.5) is 0 Å². The first-order valence-electron chi connectivity index (χ1n) is 11.5. The zero-order chi connectivity index (χ0) is 27.2. The largest absolute Gasteiger partial charge is 0.480 e. The molecule has 0 aliphatic heterocycles. The van der Waals surface area contributed by atoms with Gasteiger partial charge in [0.25, 0.3) is 5.91 Å². The average molecular weight is 504 g/mol. The Bertz CT molecular complexity index is 693. The van der Waals surface area contributed by atoms with E-state index in [1.807, 2.05) is 41.5 Å². The van der Waals surface area contributed by atoms with E-state index in [0.717, 1.165) is 0 Å². The van der Waals surface area contributed by atoms with Crippen molar-refractivity contribution in [1.29, 1.82) is 5.41 Å². The molecule has 0 spiro atoms. The number of guanidine groups is 2. The number of carbonyl (C=O) groups excluding carboxylic acids is 2. The molecule has 35 heavy (non-hydrogen) atoms. The standard InChI is InChI=1S/C18H35N3O4.C4H11N5.CH4/c1-10(2)7-13(19)16(22)20-14(8-11(3)4)17(23)21-15(18(24)25)9-12(5)6;1-9(2)4(7)8-3(5)6;/h10-15H,7-9,19H2,1-6H3,(H,20,22)(H,21,23)(H,24,25);1-2H3,(H5,5,6,7,8);1H4/p+1. The van der Waals surface area contributed by atoms with Crippen molar-refractivity contribution in [3.05, 3.63) is 0 Å². The van der Waals surface area contributed by atoms with Gasteiger partial charge < -0.3 is 37.8 Å². The quantitative estimate of drug-likeness (QED) is 0.153. The Morgan fingerprint density at radius 1 is 0.886 bits per heavy atom. The molecule has 2 amide bonds. The molecule has 0 radical (unpaired) electrons. The van der Waals surface area contributed by atoms with Gasteiger partial charge in [-0.3, -0.25) is 15.0 Å². The summed E-state index contributed by atoms with van der Waals surface area (Å²) >= 11 is 0. The zero-order valence-electron chi connectivity index (χ0n) is 22.0. The third-order valence-electron chi connectivity index (χ3n) is 4.48. The Hall–Kier alpha value is -2.89. The van der Waals surface area contributed by atoms with Crippen molar-refractivity contribution in [3.8, 4) is 0 Å². The molecule has 11 N–H and O–H groups in total. The van der Waals surface area contributed by atoms with E-state index in [1.54, 1.807) is 19.0 Å². The fourth-order valence-corrected chi connectivity index (χ4v) is 2.86. The maximum atomic E-state index is 12.5. The van der Waals surface area contributed by atoms with E-state index >= 15 is 0 Å². The van der Waals surface area contributed by atoms with Gasteiger partial charge in [-0.2, -0.15) is 4.99 Å². The molecule has 3 unspecified atom stereocenters. The van der Waals surface area contributed by atoms with Crippen LogP contribution in [0.25, 0.3) is 0 Å². The lowest BCUT2D eigenvalue weighted by atomic mass is 9.99.